The van der Waals surface area contributed by atoms with E-state index in [4.69, 9.17) is 5.26 Å². The monoisotopic (exact) mass is 232 g/mol. The van der Waals surface area contributed by atoms with Gasteiger partial charge in [-0.2, -0.15) is 5.26 Å². The van der Waals surface area contributed by atoms with E-state index >= 15 is 0 Å². The van der Waals surface area contributed by atoms with Gasteiger partial charge in [-0.15, -0.1) is 0 Å². The van der Waals surface area contributed by atoms with Crippen molar-refractivity contribution in [3.8, 4) is 6.07 Å². The number of rotatable bonds is 2. The maximum absolute atomic E-state index is 13.4. The summed E-state index contributed by atoms with van der Waals surface area (Å²) < 4.78 is 13.4. The molecule has 0 unspecified atom stereocenters. The summed E-state index contributed by atoms with van der Waals surface area (Å²) in [4.78, 5) is 0. The molecule has 1 aromatic rings. The third kappa shape index (κ3) is 2.76. The first-order chi connectivity index (χ1) is 8.20. The van der Waals surface area contributed by atoms with Crippen LogP contribution in [-0.2, 0) is 0 Å². The second-order valence-electron chi connectivity index (χ2n) is 4.88. The topological polar surface area (TPSA) is 35.8 Å². The molecule has 1 N–H and O–H groups in total. The van der Waals surface area contributed by atoms with Gasteiger partial charge in [0.15, 0.2) is 0 Å². The molecule has 0 saturated heterocycles. The van der Waals surface area contributed by atoms with Gasteiger partial charge in [-0.1, -0.05) is 13.0 Å². The lowest BCUT2D eigenvalue weighted by molar-refractivity contribution is 0.361. The zero-order valence-electron chi connectivity index (χ0n) is 10.0. The summed E-state index contributed by atoms with van der Waals surface area (Å²) in [6, 6.07) is 7.05. The third-order valence-corrected chi connectivity index (χ3v) is 3.50. The van der Waals surface area contributed by atoms with Crippen LogP contribution in [0, 0.1) is 23.1 Å². The predicted octanol–water partition coefficient (Wildman–Crippen LogP) is 3.69. The van der Waals surface area contributed by atoms with Crippen LogP contribution in [0.25, 0.3) is 0 Å². The number of nitriles is 1. The highest BCUT2D eigenvalue weighted by atomic mass is 19.1. The maximum atomic E-state index is 13.4. The van der Waals surface area contributed by atoms with Gasteiger partial charge in [0.25, 0.3) is 0 Å². The Kier molecular flexibility index (Phi) is 3.63. The van der Waals surface area contributed by atoms with Crippen LogP contribution in [0.1, 0.15) is 38.2 Å². The van der Waals surface area contributed by atoms with Crippen molar-refractivity contribution in [2.75, 3.05) is 5.32 Å². The number of halogens is 1. The average molecular weight is 232 g/mol. The molecule has 0 heterocycles. The molecule has 1 saturated carbocycles. The third-order valence-electron chi connectivity index (χ3n) is 3.50. The van der Waals surface area contributed by atoms with Crippen molar-refractivity contribution in [1.82, 2.24) is 0 Å². The first-order valence-corrected chi connectivity index (χ1v) is 6.16. The van der Waals surface area contributed by atoms with Gasteiger partial charge < -0.3 is 5.32 Å². The molecule has 0 spiro atoms. The number of nitrogens with zero attached hydrogens (tertiary/aromatic N) is 1. The van der Waals surface area contributed by atoms with E-state index in [0.717, 1.165) is 18.8 Å². The van der Waals surface area contributed by atoms with Gasteiger partial charge in [-0.25, -0.2) is 4.39 Å². The van der Waals surface area contributed by atoms with Crippen LogP contribution < -0.4 is 5.32 Å². The first kappa shape index (κ1) is 11.9. The molecule has 1 aliphatic carbocycles. The van der Waals surface area contributed by atoms with E-state index in [9.17, 15) is 4.39 Å². The van der Waals surface area contributed by atoms with Crippen LogP contribution in [0.3, 0.4) is 0 Å². The normalized spacial score (nSPS) is 24.1. The van der Waals surface area contributed by atoms with Gasteiger partial charge >= 0.3 is 0 Å². The Balaban J connectivity index is 2.09. The Morgan fingerprint density at radius 2 is 2.00 bits per heavy atom. The van der Waals surface area contributed by atoms with E-state index in [-0.39, 0.29) is 5.56 Å². The molecular weight excluding hydrogens is 215 g/mol. The molecule has 1 aromatic carbocycles. The first-order valence-electron chi connectivity index (χ1n) is 6.16. The Hall–Kier alpha value is -1.56. The van der Waals surface area contributed by atoms with E-state index in [0.29, 0.717) is 11.7 Å². The van der Waals surface area contributed by atoms with E-state index in [1.165, 1.54) is 18.9 Å². The summed E-state index contributed by atoms with van der Waals surface area (Å²) in [5.74, 6) is 0.345. The number of nitrogens with one attached hydrogen (secondary N) is 1. The lowest BCUT2D eigenvalue weighted by Crippen LogP contribution is -2.25. The minimum atomic E-state index is -0.443. The highest BCUT2D eigenvalue weighted by Crippen LogP contribution is 2.27. The molecule has 0 atom stereocenters. The summed E-state index contributed by atoms with van der Waals surface area (Å²) in [5.41, 5.74) is 0.762. The van der Waals surface area contributed by atoms with Crippen LogP contribution in [0.15, 0.2) is 18.2 Å². The molecule has 90 valence electrons. The molecule has 0 aliphatic heterocycles. The van der Waals surface area contributed by atoms with E-state index in [1.807, 2.05) is 6.07 Å². The predicted molar refractivity (Wildman–Crippen MR) is 66.2 cm³/mol. The van der Waals surface area contributed by atoms with E-state index < -0.39 is 5.82 Å². The van der Waals surface area contributed by atoms with Crippen molar-refractivity contribution >= 4 is 5.69 Å². The second-order valence-corrected chi connectivity index (χ2v) is 4.88. The van der Waals surface area contributed by atoms with Crippen molar-refractivity contribution in [2.45, 2.75) is 38.6 Å². The van der Waals surface area contributed by atoms with Gasteiger partial charge in [0.2, 0.25) is 0 Å². The molecule has 1 aliphatic rings. The number of hydrogen-bond acceptors (Lipinski definition) is 2. The zero-order chi connectivity index (χ0) is 12.3. The molecule has 1 fully saturated rings. The Morgan fingerprint density at radius 1 is 1.29 bits per heavy atom. The lowest BCUT2D eigenvalue weighted by atomic mass is 9.87. The quantitative estimate of drug-likeness (QED) is 0.844. The fourth-order valence-corrected chi connectivity index (χ4v) is 2.38. The van der Waals surface area contributed by atoms with Crippen molar-refractivity contribution in [2.24, 2.45) is 5.92 Å². The van der Waals surface area contributed by atoms with Gasteiger partial charge in [0.1, 0.15) is 17.4 Å². The molecule has 0 aromatic heterocycles. The van der Waals surface area contributed by atoms with Gasteiger partial charge in [0.05, 0.1) is 5.69 Å². The summed E-state index contributed by atoms with van der Waals surface area (Å²) >= 11 is 0. The SMILES string of the molecule is CC1CCC(Nc2cccc(F)c2C#N)CC1. The van der Waals surface area contributed by atoms with Gasteiger partial charge in [0, 0.05) is 6.04 Å². The van der Waals surface area contributed by atoms with E-state index in [1.54, 1.807) is 12.1 Å². The highest BCUT2D eigenvalue weighted by Gasteiger charge is 2.19. The zero-order valence-corrected chi connectivity index (χ0v) is 10.0. The number of hydrogen-bond donors (Lipinski definition) is 1. The summed E-state index contributed by atoms with van der Waals surface area (Å²) in [5, 5.41) is 12.2. The molecule has 2 nitrogen and oxygen atoms in total. The molecule has 0 bridgehead atoms. The Morgan fingerprint density at radius 3 is 2.65 bits per heavy atom. The van der Waals surface area contributed by atoms with Crippen molar-refractivity contribution in [3.05, 3.63) is 29.6 Å². The molecule has 0 amide bonds. The minimum Gasteiger partial charge on any atom is -0.381 e. The minimum absolute atomic E-state index is 0.131. The van der Waals surface area contributed by atoms with Crippen LogP contribution >= 0.6 is 0 Å². The van der Waals surface area contributed by atoms with Crippen molar-refractivity contribution in [1.29, 1.82) is 5.26 Å². The molecule has 17 heavy (non-hydrogen) atoms. The van der Waals surface area contributed by atoms with Gasteiger partial charge in [-0.3, -0.25) is 0 Å². The molecular formula is C14H17FN2. The van der Waals surface area contributed by atoms with Crippen molar-refractivity contribution < 1.29 is 4.39 Å². The molecule has 0 radical (unpaired) electrons. The van der Waals surface area contributed by atoms with Crippen molar-refractivity contribution in [3.63, 3.8) is 0 Å². The summed E-state index contributed by atoms with van der Waals surface area (Å²) in [7, 11) is 0. The van der Waals surface area contributed by atoms with Crippen LogP contribution in [-0.4, -0.2) is 6.04 Å². The maximum Gasteiger partial charge on any atom is 0.143 e. The highest BCUT2D eigenvalue weighted by molar-refractivity contribution is 5.58. The standard InChI is InChI=1S/C14H17FN2/c1-10-5-7-11(8-6-10)17-14-4-2-3-13(15)12(14)9-16/h2-4,10-11,17H,5-8H2,1H3. The molecule has 3 heteroatoms. The van der Waals surface area contributed by atoms with Crippen LogP contribution in [0.2, 0.25) is 0 Å². The lowest BCUT2D eigenvalue weighted by Gasteiger charge is -2.28. The summed E-state index contributed by atoms with van der Waals surface area (Å²) in [6.07, 6.45) is 4.61. The Labute approximate surface area is 101 Å². The van der Waals surface area contributed by atoms with Crippen LogP contribution in [0.4, 0.5) is 10.1 Å². The Bertz CT molecular complexity index is 428. The number of benzene rings is 1. The summed E-state index contributed by atoms with van der Waals surface area (Å²) in [6.45, 7) is 2.26. The fraction of sp³-hybridized carbons (Fsp3) is 0.500. The number of anilines is 1. The second kappa shape index (κ2) is 5.18. The molecule has 2 rings (SSSR count). The van der Waals surface area contributed by atoms with Crippen LogP contribution in [0.5, 0.6) is 0 Å². The largest absolute Gasteiger partial charge is 0.381 e. The van der Waals surface area contributed by atoms with E-state index in [2.05, 4.69) is 12.2 Å². The fourth-order valence-electron chi connectivity index (χ4n) is 2.38. The smallest absolute Gasteiger partial charge is 0.143 e. The average Bonchev–Trinajstić information content (AvgIpc) is 2.32. The van der Waals surface area contributed by atoms with Gasteiger partial charge in [-0.05, 0) is 43.7 Å².